The quantitative estimate of drug-likeness (QED) is 0.902. The van der Waals surface area contributed by atoms with Crippen LogP contribution in [0.4, 0.5) is 5.69 Å². The van der Waals surface area contributed by atoms with Gasteiger partial charge in [0, 0.05) is 5.69 Å². The Labute approximate surface area is 113 Å². The summed E-state index contributed by atoms with van der Waals surface area (Å²) in [5.41, 5.74) is 1.98. The van der Waals surface area contributed by atoms with Gasteiger partial charge in [0.25, 0.3) is 0 Å². The van der Waals surface area contributed by atoms with Crippen molar-refractivity contribution in [1.82, 2.24) is 5.32 Å². The number of hydrogen-bond donors (Lipinski definition) is 1. The van der Waals surface area contributed by atoms with E-state index in [9.17, 15) is 9.59 Å². The molecule has 0 spiro atoms. The summed E-state index contributed by atoms with van der Waals surface area (Å²) in [6.45, 7) is 5.72. The first-order valence-electron chi connectivity index (χ1n) is 6.80. The molecule has 2 unspecified atom stereocenters. The van der Waals surface area contributed by atoms with Gasteiger partial charge in [0.1, 0.15) is 12.1 Å². The third-order valence-electron chi connectivity index (χ3n) is 3.56. The molecule has 0 aromatic heterocycles. The Morgan fingerprint density at radius 1 is 1.26 bits per heavy atom. The number of benzene rings is 1. The van der Waals surface area contributed by atoms with Gasteiger partial charge in [0.05, 0.1) is 0 Å². The van der Waals surface area contributed by atoms with Crippen molar-refractivity contribution in [2.24, 2.45) is 0 Å². The Morgan fingerprint density at radius 3 is 2.63 bits per heavy atom. The summed E-state index contributed by atoms with van der Waals surface area (Å²) < 4.78 is 0. The maximum Gasteiger partial charge on any atom is 0.250 e. The number of anilines is 1. The summed E-state index contributed by atoms with van der Waals surface area (Å²) >= 11 is 0. The number of amides is 2. The fourth-order valence-corrected chi connectivity index (χ4v) is 2.45. The lowest BCUT2D eigenvalue weighted by Gasteiger charge is -2.37. The summed E-state index contributed by atoms with van der Waals surface area (Å²) in [6.07, 6.45) is 1.52. The number of piperazine rings is 1. The van der Waals surface area contributed by atoms with E-state index in [4.69, 9.17) is 0 Å². The maximum atomic E-state index is 12.4. The molecule has 1 aliphatic rings. The first-order valence-corrected chi connectivity index (χ1v) is 6.80. The van der Waals surface area contributed by atoms with Crippen LogP contribution in [0.2, 0.25) is 0 Å². The number of nitrogens with one attached hydrogen (secondary N) is 1. The second-order valence-corrected chi connectivity index (χ2v) is 4.89. The summed E-state index contributed by atoms with van der Waals surface area (Å²) in [7, 11) is 0. The van der Waals surface area contributed by atoms with Crippen LogP contribution in [-0.4, -0.2) is 23.9 Å². The molecule has 1 fully saturated rings. The molecule has 1 aliphatic heterocycles. The monoisotopic (exact) mass is 260 g/mol. The SMILES string of the molecule is CCc1cccc(N2C(=O)C(C)NC(=O)C2CC)c1. The van der Waals surface area contributed by atoms with Gasteiger partial charge in [-0.15, -0.1) is 0 Å². The molecular formula is C15H20N2O2. The van der Waals surface area contributed by atoms with Crippen LogP contribution >= 0.6 is 0 Å². The highest BCUT2D eigenvalue weighted by atomic mass is 16.2. The number of aryl methyl sites for hydroxylation is 1. The van der Waals surface area contributed by atoms with Gasteiger partial charge in [-0.05, 0) is 37.5 Å². The fourth-order valence-electron chi connectivity index (χ4n) is 2.45. The standard InChI is InChI=1S/C15H20N2O2/c1-4-11-7-6-8-12(9-11)17-13(5-2)14(18)16-10(3)15(17)19/h6-10,13H,4-5H2,1-3H3,(H,16,18). The number of rotatable bonds is 3. The van der Waals surface area contributed by atoms with Crippen LogP contribution in [-0.2, 0) is 16.0 Å². The van der Waals surface area contributed by atoms with Gasteiger partial charge in [0.2, 0.25) is 11.8 Å². The highest BCUT2D eigenvalue weighted by Crippen LogP contribution is 2.24. The second kappa shape index (κ2) is 5.43. The van der Waals surface area contributed by atoms with E-state index in [1.165, 1.54) is 5.56 Å². The summed E-state index contributed by atoms with van der Waals surface area (Å²) in [4.78, 5) is 26.0. The summed E-state index contributed by atoms with van der Waals surface area (Å²) in [6, 6.07) is 6.99. The van der Waals surface area contributed by atoms with Crippen molar-refractivity contribution in [3.63, 3.8) is 0 Å². The highest BCUT2D eigenvalue weighted by Gasteiger charge is 2.38. The molecule has 0 saturated carbocycles. The van der Waals surface area contributed by atoms with E-state index in [1.807, 2.05) is 31.2 Å². The Bertz CT molecular complexity index is 499. The van der Waals surface area contributed by atoms with Crippen LogP contribution in [0, 0.1) is 0 Å². The molecule has 1 N–H and O–H groups in total. The van der Waals surface area contributed by atoms with Crippen molar-refractivity contribution in [3.05, 3.63) is 29.8 Å². The average Bonchev–Trinajstić information content (AvgIpc) is 2.42. The lowest BCUT2D eigenvalue weighted by atomic mass is 10.0. The van der Waals surface area contributed by atoms with Crippen LogP contribution in [0.3, 0.4) is 0 Å². The third kappa shape index (κ3) is 2.48. The predicted octanol–water partition coefficient (Wildman–Crippen LogP) is 1.88. The van der Waals surface area contributed by atoms with Crippen molar-refractivity contribution in [3.8, 4) is 0 Å². The zero-order valence-corrected chi connectivity index (χ0v) is 11.6. The van der Waals surface area contributed by atoms with Crippen molar-refractivity contribution >= 4 is 17.5 Å². The molecule has 2 atom stereocenters. The molecule has 0 radical (unpaired) electrons. The Kier molecular flexibility index (Phi) is 3.88. The van der Waals surface area contributed by atoms with Crippen molar-refractivity contribution in [1.29, 1.82) is 0 Å². The van der Waals surface area contributed by atoms with E-state index in [0.29, 0.717) is 6.42 Å². The van der Waals surface area contributed by atoms with Crippen LogP contribution in [0.1, 0.15) is 32.8 Å². The first kappa shape index (κ1) is 13.6. The second-order valence-electron chi connectivity index (χ2n) is 4.89. The van der Waals surface area contributed by atoms with Gasteiger partial charge in [-0.2, -0.15) is 0 Å². The molecule has 4 heteroatoms. The van der Waals surface area contributed by atoms with Gasteiger partial charge in [-0.25, -0.2) is 0 Å². The van der Waals surface area contributed by atoms with Crippen molar-refractivity contribution in [2.75, 3.05) is 4.90 Å². The molecule has 1 aromatic carbocycles. The fraction of sp³-hybridized carbons (Fsp3) is 0.467. The van der Waals surface area contributed by atoms with Crippen LogP contribution in [0.5, 0.6) is 0 Å². The smallest absolute Gasteiger partial charge is 0.250 e. The predicted molar refractivity (Wildman–Crippen MR) is 75.0 cm³/mol. The van der Waals surface area contributed by atoms with E-state index in [1.54, 1.807) is 11.8 Å². The minimum absolute atomic E-state index is 0.0419. The molecule has 1 aromatic rings. The number of nitrogens with zero attached hydrogens (tertiary/aromatic N) is 1. The van der Waals surface area contributed by atoms with Gasteiger partial charge >= 0.3 is 0 Å². The van der Waals surface area contributed by atoms with Crippen LogP contribution < -0.4 is 10.2 Å². The largest absolute Gasteiger partial charge is 0.343 e. The highest BCUT2D eigenvalue weighted by molar-refractivity contribution is 6.08. The zero-order chi connectivity index (χ0) is 14.0. The summed E-state index contributed by atoms with van der Waals surface area (Å²) in [5, 5.41) is 2.73. The minimum atomic E-state index is -0.458. The third-order valence-corrected chi connectivity index (χ3v) is 3.56. The Morgan fingerprint density at radius 2 is 2.00 bits per heavy atom. The maximum absolute atomic E-state index is 12.4. The number of carbonyl (C=O) groups is 2. The van der Waals surface area contributed by atoms with Gasteiger partial charge in [-0.3, -0.25) is 14.5 Å². The van der Waals surface area contributed by atoms with Gasteiger partial charge in [-0.1, -0.05) is 26.0 Å². The molecule has 0 bridgehead atoms. The molecule has 1 heterocycles. The van der Waals surface area contributed by atoms with Gasteiger partial charge < -0.3 is 5.32 Å². The van der Waals surface area contributed by atoms with E-state index in [0.717, 1.165) is 12.1 Å². The molecular weight excluding hydrogens is 240 g/mol. The first-order chi connectivity index (χ1) is 9.08. The lowest BCUT2D eigenvalue weighted by molar-refractivity contribution is -0.133. The number of hydrogen-bond acceptors (Lipinski definition) is 2. The average molecular weight is 260 g/mol. The van der Waals surface area contributed by atoms with Crippen molar-refractivity contribution < 1.29 is 9.59 Å². The molecule has 102 valence electrons. The molecule has 0 aliphatic carbocycles. The molecule has 2 amide bonds. The van der Waals surface area contributed by atoms with E-state index in [-0.39, 0.29) is 11.8 Å². The molecule has 2 rings (SSSR count). The van der Waals surface area contributed by atoms with E-state index in [2.05, 4.69) is 12.2 Å². The number of carbonyl (C=O) groups excluding carboxylic acids is 2. The lowest BCUT2D eigenvalue weighted by Crippen LogP contribution is -2.62. The topological polar surface area (TPSA) is 49.4 Å². The van der Waals surface area contributed by atoms with Crippen LogP contribution in [0.25, 0.3) is 0 Å². The summed E-state index contributed by atoms with van der Waals surface area (Å²) in [5.74, 6) is -0.115. The Balaban J connectivity index is 2.42. The van der Waals surface area contributed by atoms with E-state index < -0.39 is 12.1 Å². The van der Waals surface area contributed by atoms with E-state index >= 15 is 0 Å². The normalized spacial score (nSPS) is 23.4. The zero-order valence-electron chi connectivity index (χ0n) is 11.6. The minimum Gasteiger partial charge on any atom is -0.343 e. The Hall–Kier alpha value is -1.84. The molecule has 1 saturated heterocycles. The molecule has 19 heavy (non-hydrogen) atoms. The van der Waals surface area contributed by atoms with Gasteiger partial charge in [0.15, 0.2) is 0 Å². The van der Waals surface area contributed by atoms with Crippen molar-refractivity contribution in [2.45, 2.75) is 45.7 Å². The molecule has 4 nitrogen and oxygen atoms in total. The van der Waals surface area contributed by atoms with Crippen LogP contribution in [0.15, 0.2) is 24.3 Å².